The number of nitrogens with one attached hydrogen (secondary N) is 1. The van der Waals surface area contributed by atoms with Gasteiger partial charge in [-0.25, -0.2) is 8.78 Å². The molecule has 27 heavy (non-hydrogen) atoms. The molecule has 0 unspecified atom stereocenters. The van der Waals surface area contributed by atoms with Crippen LogP contribution in [-0.4, -0.2) is 17.9 Å². The number of rotatable bonds is 6. The SMILES string of the molecule is NC(=O)[C@H](Cc1cccc2ccccc12)NC(=O)Cc1cc(F)cc(F)c1. The van der Waals surface area contributed by atoms with Crippen LogP contribution in [0.1, 0.15) is 11.1 Å². The van der Waals surface area contributed by atoms with Gasteiger partial charge in [0, 0.05) is 12.5 Å². The first-order valence-electron chi connectivity index (χ1n) is 8.42. The second kappa shape index (κ2) is 7.95. The third-order valence-electron chi connectivity index (χ3n) is 4.27. The second-order valence-electron chi connectivity index (χ2n) is 6.32. The van der Waals surface area contributed by atoms with E-state index in [0.717, 1.165) is 34.5 Å². The number of benzene rings is 3. The van der Waals surface area contributed by atoms with Crippen LogP contribution in [0.25, 0.3) is 10.8 Å². The topological polar surface area (TPSA) is 72.2 Å². The Morgan fingerprint density at radius 2 is 1.63 bits per heavy atom. The summed E-state index contributed by atoms with van der Waals surface area (Å²) in [7, 11) is 0. The minimum absolute atomic E-state index is 0.179. The van der Waals surface area contributed by atoms with E-state index in [0.29, 0.717) is 0 Å². The Labute approximate surface area is 155 Å². The fourth-order valence-corrected chi connectivity index (χ4v) is 3.06. The molecule has 138 valence electrons. The first kappa shape index (κ1) is 18.5. The molecule has 0 aliphatic heterocycles. The smallest absolute Gasteiger partial charge is 0.240 e. The number of hydrogen-bond donors (Lipinski definition) is 2. The lowest BCUT2D eigenvalue weighted by molar-refractivity contribution is -0.126. The van der Waals surface area contributed by atoms with Crippen molar-refractivity contribution in [2.24, 2.45) is 5.73 Å². The summed E-state index contributed by atoms with van der Waals surface area (Å²) in [6.45, 7) is 0. The lowest BCUT2D eigenvalue weighted by atomic mass is 9.98. The van der Waals surface area contributed by atoms with E-state index < -0.39 is 29.5 Å². The molecule has 0 saturated carbocycles. The van der Waals surface area contributed by atoms with Crippen molar-refractivity contribution in [2.75, 3.05) is 0 Å². The summed E-state index contributed by atoms with van der Waals surface area (Å²) in [5, 5.41) is 4.54. The molecule has 3 aromatic rings. The van der Waals surface area contributed by atoms with Crippen LogP contribution in [0.15, 0.2) is 60.7 Å². The molecule has 0 saturated heterocycles. The van der Waals surface area contributed by atoms with Crippen LogP contribution in [0.5, 0.6) is 0 Å². The Morgan fingerprint density at radius 1 is 0.963 bits per heavy atom. The third kappa shape index (κ3) is 4.67. The predicted octanol–water partition coefficient (Wildman–Crippen LogP) is 2.87. The van der Waals surface area contributed by atoms with Crippen LogP contribution >= 0.6 is 0 Å². The van der Waals surface area contributed by atoms with E-state index in [1.165, 1.54) is 0 Å². The van der Waals surface area contributed by atoms with Crippen LogP contribution < -0.4 is 11.1 Å². The minimum atomic E-state index is -0.929. The average molecular weight is 368 g/mol. The summed E-state index contributed by atoms with van der Waals surface area (Å²) >= 11 is 0. The van der Waals surface area contributed by atoms with Crippen LogP contribution in [0.4, 0.5) is 8.78 Å². The van der Waals surface area contributed by atoms with Gasteiger partial charge in [-0.15, -0.1) is 0 Å². The van der Waals surface area contributed by atoms with Crippen LogP contribution in [0.2, 0.25) is 0 Å². The zero-order valence-electron chi connectivity index (χ0n) is 14.4. The first-order valence-corrected chi connectivity index (χ1v) is 8.42. The lowest BCUT2D eigenvalue weighted by Crippen LogP contribution is -2.46. The molecule has 0 aromatic heterocycles. The Bertz CT molecular complexity index is 979. The van der Waals surface area contributed by atoms with Crippen molar-refractivity contribution in [1.82, 2.24) is 5.32 Å². The van der Waals surface area contributed by atoms with E-state index in [1.54, 1.807) is 0 Å². The van der Waals surface area contributed by atoms with Gasteiger partial charge in [0.25, 0.3) is 0 Å². The molecule has 0 aliphatic rings. The molecule has 3 N–H and O–H groups in total. The molecule has 1 atom stereocenters. The number of amides is 2. The van der Waals surface area contributed by atoms with Crippen molar-refractivity contribution in [3.05, 3.63) is 83.4 Å². The predicted molar refractivity (Wildman–Crippen MR) is 98.8 cm³/mol. The van der Waals surface area contributed by atoms with Crippen molar-refractivity contribution in [1.29, 1.82) is 0 Å². The van der Waals surface area contributed by atoms with Gasteiger partial charge in [0.1, 0.15) is 17.7 Å². The summed E-state index contributed by atoms with van der Waals surface area (Å²) in [5.74, 6) is -2.74. The quantitative estimate of drug-likeness (QED) is 0.702. The van der Waals surface area contributed by atoms with Crippen molar-refractivity contribution >= 4 is 22.6 Å². The maximum atomic E-state index is 13.3. The third-order valence-corrected chi connectivity index (χ3v) is 4.27. The van der Waals surface area contributed by atoms with E-state index in [1.807, 2.05) is 42.5 Å². The molecular weight excluding hydrogens is 350 g/mol. The summed E-state index contributed by atoms with van der Waals surface area (Å²) in [4.78, 5) is 24.1. The molecular formula is C21H18F2N2O2. The normalized spacial score (nSPS) is 11.9. The summed E-state index contributed by atoms with van der Waals surface area (Å²) in [6.07, 6.45) is -0.0338. The van der Waals surface area contributed by atoms with Gasteiger partial charge in [-0.3, -0.25) is 9.59 Å². The summed E-state index contributed by atoms with van der Waals surface area (Å²) in [6, 6.07) is 15.3. The number of carbonyl (C=O) groups is 2. The monoisotopic (exact) mass is 368 g/mol. The molecule has 0 heterocycles. The highest BCUT2D eigenvalue weighted by atomic mass is 19.1. The van der Waals surface area contributed by atoms with E-state index >= 15 is 0 Å². The molecule has 3 rings (SSSR count). The minimum Gasteiger partial charge on any atom is -0.368 e. The van der Waals surface area contributed by atoms with E-state index in [4.69, 9.17) is 5.73 Å². The van der Waals surface area contributed by atoms with Crippen LogP contribution in [-0.2, 0) is 22.4 Å². The van der Waals surface area contributed by atoms with Gasteiger partial charge < -0.3 is 11.1 Å². The zero-order valence-corrected chi connectivity index (χ0v) is 14.4. The molecule has 4 nitrogen and oxygen atoms in total. The number of hydrogen-bond acceptors (Lipinski definition) is 2. The molecule has 0 fully saturated rings. The lowest BCUT2D eigenvalue weighted by Gasteiger charge is -2.17. The standard InChI is InChI=1S/C21H18F2N2O2/c22-16-8-13(9-17(23)12-16)10-20(26)25-19(21(24)27)11-15-6-3-5-14-4-1-2-7-18(14)15/h1-9,12,19H,10-11H2,(H2,24,27)(H,25,26)/t19-/m0/s1. The van der Waals surface area contributed by atoms with E-state index in [2.05, 4.69) is 5.32 Å². The van der Waals surface area contributed by atoms with Gasteiger partial charge in [0.2, 0.25) is 11.8 Å². The highest BCUT2D eigenvalue weighted by molar-refractivity contribution is 5.90. The largest absolute Gasteiger partial charge is 0.368 e. The number of nitrogens with two attached hydrogens (primary N) is 1. The highest BCUT2D eigenvalue weighted by Crippen LogP contribution is 2.20. The van der Waals surface area contributed by atoms with E-state index in [-0.39, 0.29) is 18.4 Å². The molecule has 0 spiro atoms. The Morgan fingerprint density at radius 3 is 2.33 bits per heavy atom. The first-order chi connectivity index (χ1) is 12.9. The summed E-state index contributed by atoms with van der Waals surface area (Å²) in [5.41, 5.74) is 6.49. The number of carbonyl (C=O) groups excluding carboxylic acids is 2. The van der Waals surface area contributed by atoms with Crippen molar-refractivity contribution in [3.8, 4) is 0 Å². The van der Waals surface area contributed by atoms with Crippen molar-refractivity contribution in [3.63, 3.8) is 0 Å². The van der Waals surface area contributed by atoms with Gasteiger partial charge in [0.05, 0.1) is 6.42 Å². The van der Waals surface area contributed by atoms with Crippen LogP contribution in [0, 0.1) is 11.6 Å². The Hall–Kier alpha value is -3.28. The Kier molecular flexibility index (Phi) is 5.45. The zero-order chi connectivity index (χ0) is 19.4. The summed E-state index contributed by atoms with van der Waals surface area (Å²) < 4.78 is 26.5. The molecule has 2 amide bonds. The number of halogens is 2. The van der Waals surface area contributed by atoms with Gasteiger partial charge >= 0.3 is 0 Å². The Balaban J connectivity index is 1.75. The van der Waals surface area contributed by atoms with Crippen molar-refractivity contribution < 1.29 is 18.4 Å². The maximum absolute atomic E-state index is 13.3. The van der Waals surface area contributed by atoms with Gasteiger partial charge in [-0.1, -0.05) is 42.5 Å². The molecule has 0 radical (unpaired) electrons. The molecule has 6 heteroatoms. The number of primary amides is 1. The van der Waals surface area contributed by atoms with Crippen LogP contribution in [0.3, 0.4) is 0 Å². The molecule has 0 aliphatic carbocycles. The maximum Gasteiger partial charge on any atom is 0.240 e. The fraction of sp³-hybridized carbons (Fsp3) is 0.143. The van der Waals surface area contributed by atoms with Crippen molar-refractivity contribution in [2.45, 2.75) is 18.9 Å². The second-order valence-corrected chi connectivity index (χ2v) is 6.32. The van der Waals surface area contributed by atoms with E-state index in [9.17, 15) is 18.4 Å². The van der Waals surface area contributed by atoms with Gasteiger partial charge in [-0.05, 0) is 34.0 Å². The fourth-order valence-electron chi connectivity index (χ4n) is 3.06. The molecule has 0 bridgehead atoms. The van der Waals surface area contributed by atoms with Gasteiger partial charge in [0.15, 0.2) is 0 Å². The molecule has 3 aromatic carbocycles. The highest BCUT2D eigenvalue weighted by Gasteiger charge is 2.20. The average Bonchev–Trinajstić information content (AvgIpc) is 2.60. The van der Waals surface area contributed by atoms with Gasteiger partial charge in [-0.2, -0.15) is 0 Å². The number of fused-ring (bicyclic) bond motifs is 1.